The Balaban J connectivity index is 0.00000841. The summed E-state index contributed by atoms with van der Waals surface area (Å²) in [5.74, 6) is 0.433. The molecule has 30 heavy (non-hydrogen) atoms. The third kappa shape index (κ3) is 12.4. The van der Waals surface area contributed by atoms with E-state index in [0.29, 0.717) is 18.9 Å². The van der Waals surface area contributed by atoms with Crippen LogP contribution in [0.3, 0.4) is 0 Å². The van der Waals surface area contributed by atoms with Crippen molar-refractivity contribution in [3.05, 3.63) is 29.8 Å². The summed E-state index contributed by atoms with van der Waals surface area (Å²) in [7, 11) is -3.07. The molecule has 12 heteroatoms. The number of aliphatic imine (C=N–C) groups is 1. The van der Waals surface area contributed by atoms with E-state index in [1.54, 1.807) is 0 Å². The molecule has 0 radical (unpaired) electrons. The molecule has 0 aliphatic carbocycles. The van der Waals surface area contributed by atoms with Gasteiger partial charge in [-0.05, 0) is 38.5 Å². The quantitative estimate of drug-likeness (QED) is 0.228. The fraction of sp³-hybridized carbons (Fsp3) is 0.611. The van der Waals surface area contributed by atoms with Gasteiger partial charge >= 0.3 is 6.18 Å². The van der Waals surface area contributed by atoms with Gasteiger partial charge in [0.1, 0.15) is 28.3 Å². The molecule has 2 atom stereocenters. The van der Waals surface area contributed by atoms with Gasteiger partial charge in [-0.25, -0.2) is 8.42 Å². The van der Waals surface area contributed by atoms with E-state index in [4.69, 9.17) is 4.74 Å². The zero-order valence-electron chi connectivity index (χ0n) is 17.1. The minimum absolute atomic E-state index is 0. The average Bonchev–Trinajstić information content (AvgIpc) is 2.62. The maximum atomic E-state index is 12.7. The number of nitrogens with one attached hydrogen (secondary N) is 2. The van der Waals surface area contributed by atoms with Crippen molar-refractivity contribution in [1.82, 2.24) is 10.6 Å². The topological polar surface area (TPSA) is 100 Å². The smallest absolute Gasteiger partial charge is 0.416 e. The third-order valence-corrected chi connectivity index (χ3v) is 4.69. The molecule has 174 valence electrons. The molecule has 7 nitrogen and oxygen atoms in total. The Labute approximate surface area is 192 Å². The van der Waals surface area contributed by atoms with E-state index in [1.807, 2.05) is 13.8 Å². The van der Waals surface area contributed by atoms with Crippen LogP contribution in [0.1, 0.15) is 25.8 Å². The van der Waals surface area contributed by atoms with Crippen molar-refractivity contribution < 1.29 is 31.4 Å². The van der Waals surface area contributed by atoms with Gasteiger partial charge in [0.05, 0.1) is 17.9 Å². The molecular formula is C18H29F3IN3O4S. The number of ether oxygens (including phenoxy) is 1. The van der Waals surface area contributed by atoms with Crippen LogP contribution in [0.15, 0.2) is 29.3 Å². The van der Waals surface area contributed by atoms with E-state index in [9.17, 15) is 26.7 Å². The van der Waals surface area contributed by atoms with Crippen molar-refractivity contribution >= 4 is 39.8 Å². The SMILES string of the molecule is CCNC(=NCC(O)COc1cccc(C(F)(F)F)c1)NC(C)CCS(C)(=O)=O.I. The number of benzene rings is 1. The molecule has 1 aromatic carbocycles. The highest BCUT2D eigenvalue weighted by molar-refractivity contribution is 14.0. The summed E-state index contributed by atoms with van der Waals surface area (Å²) in [5, 5.41) is 16.0. The van der Waals surface area contributed by atoms with Crippen molar-refractivity contribution in [1.29, 1.82) is 0 Å². The van der Waals surface area contributed by atoms with Gasteiger partial charge in [-0.3, -0.25) is 4.99 Å². The standard InChI is InChI=1S/C18H28F3N3O4S.HI/c1-4-22-17(24-13(2)8-9-29(3,26)27)23-11-15(25)12-28-16-7-5-6-14(10-16)18(19,20)21;/h5-7,10,13,15,25H,4,8-9,11-12H2,1-3H3,(H2,22,23,24);1H. The van der Waals surface area contributed by atoms with E-state index < -0.39 is 27.7 Å². The van der Waals surface area contributed by atoms with Gasteiger partial charge in [0.25, 0.3) is 0 Å². The van der Waals surface area contributed by atoms with Crippen LogP contribution in [0.4, 0.5) is 13.2 Å². The number of aliphatic hydroxyl groups excluding tert-OH is 1. The minimum atomic E-state index is -4.47. The lowest BCUT2D eigenvalue weighted by Crippen LogP contribution is -2.43. The Morgan fingerprint density at radius 3 is 2.57 bits per heavy atom. The van der Waals surface area contributed by atoms with Crippen LogP contribution in [0.5, 0.6) is 5.75 Å². The Kier molecular flexibility index (Phi) is 12.6. The molecule has 0 amide bonds. The number of nitrogens with zero attached hydrogens (tertiary/aromatic N) is 1. The van der Waals surface area contributed by atoms with Crippen molar-refractivity contribution in [3.8, 4) is 5.75 Å². The van der Waals surface area contributed by atoms with Crippen LogP contribution in [0, 0.1) is 0 Å². The number of hydrogen-bond acceptors (Lipinski definition) is 5. The monoisotopic (exact) mass is 567 g/mol. The zero-order valence-corrected chi connectivity index (χ0v) is 20.2. The van der Waals surface area contributed by atoms with Gasteiger partial charge < -0.3 is 20.5 Å². The molecule has 0 aromatic heterocycles. The van der Waals surface area contributed by atoms with E-state index in [2.05, 4.69) is 15.6 Å². The molecule has 1 rings (SSSR count). The lowest BCUT2D eigenvalue weighted by Gasteiger charge is -2.18. The molecule has 0 saturated carbocycles. The number of aliphatic hydroxyl groups is 1. The second-order valence-electron chi connectivity index (χ2n) is 6.67. The molecule has 0 spiro atoms. The summed E-state index contributed by atoms with van der Waals surface area (Å²) < 4.78 is 65.8. The van der Waals surface area contributed by atoms with Crippen LogP contribution in [-0.4, -0.2) is 63.3 Å². The summed E-state index contributed by atoms with van der Waals surface area (Å²) >= 11 is 0. The van der Waals surface area contributed by atoms with Crippen LogP contribution < -0.4 is 15.4 Å². The summed E-state index contributed by atoms with van der Waals surface area (Å²) in [5.41, 5.74) is -0.829. The predicted molar refractivity (Wildman–Crippen MR) is 121 cm³/mol. The Morgan fingerprint density at radius 2 is 2.00 bits per heavy atom. The van der Waals surface area contributed by atoms with E-state index in [0.717, 1.165) is 12.1 Å². The van der Waals surface area contributed by atoms with Crippen molar-refractivity contribution in [2.45, 2.75) is 38.6 Å². The highest BCUT2D eigenvalue weighted by Gasteiger charge is 2.30. The first-order valence-corrected chi connectivity index (χ1v) is 11.2. The first kappa shape index (κ1) is 28.7. The summed E-state index contributed by atoms with van der Waals surface area (Å²) in [6.45, 7) is 3.94. The molecule has 2 unspecified atom stereocenters. The number of halogens is 4. The van der Waals surface area contributed by atoms with Crippen molar-refractivity contribution in [2.75, 3.05) is 31.7 Å². The number of rotatable bonds is 10. The molecule has 0 heterocycles. The maximum Gasteiger partial charge on any atom is 0.416 e. The second kappa shape index (κ2) is 13.2. The highest BCUT2D eigenvalue weighted by atomic mass is 127. The maximum absolute atomic E-state index is 12.7. The fourth-order valence-corrected chi connectivity index (χ4v) is 3.00. The summed E-state index contributed by atoms with van der Waals surface area (Å²) in [4.78, 5) is 4.20. The molecular weight excluding hydrogens is 538 g/mol. The number of hydrogen-bond donors (Lipinski definition) is 3. The van der Waals surface area contributed by atoms with Gasteiger partial charge in [-0.15, -0.1) is 24.0 Å². The molecule has 3 N–H and O–H groups in total. The first-order valence-electron chi connectivity index (χ1n) is 9.11. The molecule has 0 saturated heterocycles. The van der Waals surface area contributed by atoms with E-state index in [1.165, 1.54) is 18.4 Å². The van der Waals surface area contributed by atoms with Crippen LogP contribution in [0.2, 0.25) is 0 Å². The second-order valence-corrected chi connectivity index (χ2v) is 8.93. The largest absolute Gasteiger partial charge is 0.491 e. The van der Waals surface area contributed by atoms with E-state index >= 15 is 0 Å². The number of alkyl halides is 3. The molecule has 0 aliphatic rings. The normalized spacial score (nSPS) is 14.4. The Bertz CT molecular complexity index is 776. The predicted octanol–water partition coefficient (Wildman–Crippen LogP) is 2.44. The third-order valence-electron chi connectivity index (χ3n) is 3.71. The average molecular weight is 567 g/mol. The highest BCUT2D eigenvalue weighted by Crippen LogP contribution is 2.31. The van der Waals surface area contributed by atoms with Crippen molar-refractivity contribution in [2.24, 2.45) is 4.99 Å². The van der Waals surface area contributed by atoms with Crippen LogP contribution in [-0.2, 0) is 16.0 Å². The Morgan fingerprint density at radius 1 is 1.33 bits per heavy atom. The van der Waals surface area contributed by atoms with Gasteiger partial charge in [0.2, 0.25) is 0 Å². The van der Waals surface area contributed by atoms with Gasteiger partial charge in [0.15, 0.2) is 5.96 Å². The first-order chi connectivity index (χ1) is 13.4. The molecule has 0 bridgehead atoms. The molecule has 1 aromatic rings. The number of sulfone groups is 1. The fourth-order valence-electron chi connectivity index (χ4n) is 2.22. The molecule has 0 aliphatic heterocycles. The van der Waals surface area contributed by atoms with Gasteiger partial charge in [-0.1, -0.05) is 6.07 Å². The van der Waals surface area contributed by atoms with Gasteiger partial charge in [0, 0.05) is 18.8 Å². The zero-order chi connectivity index (χ0) is 22.1. The van der Waals surface area contributed by atoms with Crippen molar-refractivity contribution in [3.63, 3.8) is 0 Å². The molecule has 0 fully saturated rings. The lowest BCUT2D eigenvalue weighted by molar-refractivity contribution is -0.137. The minimum Gasteiger partial charge on any atom is -0.491 e. The van der Waals surface area contributed by atoms with Crippen LogP contribution >= 0.6 is 24.0 Å². The summed E-state index contributed by atoms with van der Waals surface area (Å²) in [6.07, 6.45) is -3.95. The lowest BCUT2D eigenvalue weighted by atomic mass is 10.2. The summed E-state index contributed by atoms with van der Waals surface area (Å²) in [6, 6.07) is 4.24. The van der Waals surface area contributed by atoms with Crippen LogP contribution in [0.25, 0.3) is 0 Å². The number of guanidine groups is 1. The van der Waals surface area contributed by atoms with Gasteiger partial charge in [-0.2, -0.15) is 13.2 Å². The van der Waals surface area contributed by atoms with E-state index in [-0.39, 0.29) is 54.7 Å². The Hall–Kier alpha value is -1.28.